The van der Waals surface area contributed by atoms with Gasteiger partial charge in [0.25, 0.3) is 0 Å². The summed E-state index contributed by atoms with van der Waals surface area (Å²) in [5, 5.41) is 8.73. The number of anilines is 1. The Bertz CT molecular complexity index is 974. The van der Waals surface area contributed by atoms with Gasteiger partial charge in [0.2, 0.25) is 11.9 Å². The third-order valence-corrected chi connectivity index (χ3v) is 6.95. The average Bonchev–Trinajstić information content (AvgIpc) is 2.89. The van der Waals surface area contributed by atoms with Crippen LogP contribution in [0.25, 0.3) is 0 Å². The van der Waals surface area contributed by atoms with Gasteiger partial charge in [-0.3, -0.25) is 9.69 Å². The molecular weight excluding hydrogens is 432 g/mol. The molecule has 1 aromatic carbocycles. The van der Waals surface area contributed by atoms with Crippen LogP contribution in [0, 0.1) is 17.2 Å². The minimum Gasteiger partial charge on any atom is -0.497 e. The molecule has 3 heterocycles. The molecule has 182 valence electrons. The SMILES string of the molecule is COc1cc(OC)cc(C(=N)C2CCN(C(=O)C3CCN(Cc4cnc(N)nc4)CC3)CC2)c1. The van der Waals surface area contributed by atoms with E-state index in [1.54, 1.807) is 26.6 Å². The molecule has 3 N–H and O–H groups in total. The van der Waals surface area contributed by atoms with Crippen LogP contribution < -0.4 is 15.2 Å². The zero-order valence-corrected chi connectivity index (χ0v) is 20.0. The lowest BCUT2D eigenvalue weighted by Crippen LogP contribution is -2.46. The number of carbonyl (C=O) groups excluding carboxylic acids is 1. The molecule has 9 heteroatoms. The van der Waals surface area contributed by atoms with Crippen LogP contribution >= 0.6 is 0 Å². The lowest BCUT2D eigenvalue weighted by Gasteiger charge is -2.37. The largest absolute Gasteiger partial charge is 0.497 e. The molecule has 34 heavy (non-hydrogen) atoms. The number of nitrogens with one attached hydrogen (secondary N) is 1. The average molecular weight is 467 g/mol. The highest BCUT2D eigenvalue weighted by Crippen LogP contribution is 2.29. The van der Waals surface area contributed by atoms with Crippen molar-refractivity contribution in [2.24, 2.45) is 11.8 Å². The molecule has 9 nitrogen and oxygen atoms in total. The van der Waals surface area contributed by atoms with E-state index in [4.69, 9.17) is 20.6 Å². The van der Waals surface area contributed by atoms with Crippen LogP contribution in [0.3, 0.4) is 0 Å². The quantitative estimate of drug-likeness (QED) is 0.602. The van der Waals surface area contributed by atoms with Crippen LogP contribution in [0.5, 0.6) is 11.5 Å². The number of nitrogen functional groups attached to an aromatic ring is 1. The summed E-state index contributed by atoms with van der Waals surface area (Å²) in [6, 6.07) is 5.58. The van der Waals surface area contributed by atoms with Crippen molar-refractivity contribution >= 4 is 17.6 Å². The highest BCUT2D eigenvalue weighted by Gasteiger charge is 2.32. The first-order valence-corrected chi connectivity index (χ1v) is 11.9. The topological polar surface area (TPSA) is 118 Å². The molecule has 0 unspecified atom stereocenters. The number of carbonyl (C=O) groups is 1. The number of rotatable bonds is 7. The lowest BCUT2D eigenvalue weighted by molar-refractivity contribution is -0.138. The van der Waals surface area contributed by atoms with Crippen molar-refractivity contribution in [1.82, 2.24) is 19.8 Å². The Balaban J connectivity index is 1.26. The third-order valence-electron chi connectivity index (χ3n) is 6.95. The Morgan fingerprint density at radius 3 is 2.09 bits per heavy atom. The first-order valence-electron chi connectivity index (χ1n) is 11.9. The first-order chi connectivity index (χ1) is 16.5. The number of ether oxygens (including phenoxy) is 2. The molecule has 0 aliphatic carbocycles. The molecule has 4 rings (SSSR count). The molecule has 2 aliphatic rings. The smallest absolute Gasteiger partial charge is 0.225 e. The van der Waals surface area contributed by atoms with Crippen LogP contribution in [0.4, 0.5) is 5.95 Å². The number of benzene rings is 1. The van der Waals surface area contributed by atoms with Gasteiger partial charge in [-0.2, -0.15) is 0 Å². The number of hydrogen-bond donors (Lipinski definition) is 2. The highest BCUT2D eigenvalue weighted by molar-refractivity contribution is 6.00. The van der Waals surface area contributed by atoms with E-state index in [0.29, 0.717) is 30.3 Å². The van der Waals surface area contributed by atoms with Gasteiger partial charge in [-0.05, 0) is 50.9 Å². The summed E-state index contributed by atoms with van der Waals surface area (Å²) in [5.74, 6) is 2.13. The van der Waals surface area contributed by atoms with Gasteiger partial charge in [0, 0.05) is 66.8 Å². The fourth-order valence-electron chi connectivity index (χ4n) is 4.89. The summed E-state index contributed by atoms with van der Waals surface area (Å²) < 4.78 is 10.7. The number of hydrogen-bond acceptors (Lipinski definition) is 8. The maximum atomic E-state index is 13.2. The van der Waals surface area contributed by atoms with Crippen molar-refractivity contribution in [3.63, 3.8) is 0 Å². The normalized spacial score (nSPS) is 18.0. The van der Waals surface area contributed by atoms with Gasteiger partial charge in [0.05, 0.1) is 14.2 Å². The Hall–Kier alpha value is -3.20. The third kappa shape index (κ3) is 5.64. The van der Waals surface area contributed by atoms with Crippen molar-refractivity contribution in [3.05, 3.63) is 41.7 Å². The van der Waals surface area contributed by atoms with E-state index < -0.39 is 0 Å². The number of nitrogens with zero attached hydrogens (tertiary/aromatic N) is 4. The summed E-state index contributed by atoms with van der Waals surface area (Å²) in [5.41, 5.74) is 8.01. The fraction of sp³-hybridized carbons (Fsp3) is 0.520. The fourth-order valence-corrected chi connectivity index (χ4v) is 4.89. The minimum absolute atomic E-state index is 0.0811. The lowest BCUT2D eigenvalue weighted by atomic mass is 9.87. The highest BCUT2D eigenvalue weighted by atomic mass is 16.5. The molecule has 0 saturated carbocycles. The molecule has 1 amide bonds. The standard InChI is InChI=1S/C25H34N6O3/c1-33-21-11-20(12-22(13-21)34-2)23(26)18-5-9-31(10-6-18)24(32)19-3-7-30(8-4-19)16-17-14-28-25(27)29-15-17/h11-15,18-19,26H,3-10,16H2,1-2H3,(H2,27,28,29). The maximum Gasteiger partial charge on any atom is 0.225 e. The first kappa shape index (κ1) is 23.9. The molecule has 1 aromatic heterocycles. The molecule has 2 aliphatic heterocycles. The Morgan fingerprint density at radius 1 is 0.971 bits per heavy atom. The monoisotopic (exact) mass is 466 g/mol. The zero-order chi connectivity index (χ0) is 24.1. The predicted molar refractivity (Wildman–Crippen MR) is 130 cm³/mol. The Labute approximate surface area is 200 Å². The van der Waals surface area contributed by atoms with Crippen molar-refractivity contribution in [1.29, 1.82) is 5.41 Å². The molecular formula is C25H34N6O3. The van der Waals surface area contributed by atoms with E-state index in [1.807, 2.05) is 23.1 Å². The number of nitrogens with two attached hydrogens (primary N) is 1. The number of aromatic nitrogens is 2. The van der Waals surface area contributed by atoms with E-state index in [0.717, 1.165) is 56.4 Å². The number of methoxy groups -OCH3 is 2. The molecule has 0 atom stereocenters. The second kappa shape index (κ2) is 10.8. The zero-order valence-electron chi connectivity index (χ0n) is 20.0. The van der Waals surface area contributed by atoms with Crippen molar-refractivity contribution in [2.45, 2.75) is 32.2 Å². The van der Waals surface area contributed by atoms with Gasteiger partial charge in [-0.25, -0.2) is 9.97 Å². The predicted octanol–water partition coefficient (Wildman–Crippen LogP) is 2.59. The summed E-state index contributed by atoms with van der Waals surface area (Å²) in [4.78, 5) is 25.6. The number of amides is 1. The van der Waals surface area contributed by atoms with Crippen molar-refractivity contribution in [2.75, 3.05) is 46.1 Å². The molecule has 0 radical (unpaired) electrons. The molecule has 2 fully saturated rings. The molecule has 2 aromatic rings. The van der Waals surface area contributed by atoms with Crippen LogP contribution in [-0.4, -0.2) is 71.8 Å². The van der Waals surface area contributed by atoms with Crippen LogP contribution in [-0.2, 0) is 11.3 Å². The maximum absolute atomic E-state index is 13.2. The number of piperidine rings is 2. The van der Waals surface area contributed by atoms with Crippen molar-refractivity contribution < 1.29 is 14.3 Å². The van der Waals surface area contributed by atoms with Crippen LogP contribution in [0.1, 0.15) is 36.8 Å². The summed E-state index contributed by atoms with van der Waals surface area (Å²) in [6.07, 6.45) is 6.88. The Morgan fingerprint density at radius 2 is 1.53 bits per heavy atom. The number of likely N-dealkylation sites (tertiary alicyclic amines) is 2. The van der Waals surface area contributed by atoms with Gasteiger partial charge in [-0.1, -0.05) is 0 Å². The second-order valence-electron chi connectivity index (χ2n) is 9.11. The van der Waals surface area contributed by atoms with Gasteiger partial charge in [0.1, 0.15) is 11.5 Å². The van der Waals surface area contributed by atoms with E-state index in [9.17, 15) is 4.79 Å². The Kier molecular flexibility index (Phi) is 7.62. The van der Waals surface area contributed by atoms with Crippen LogP contribution in [0.2, 0.25) is 0 Å². The van der Waals surface area contributed by atoms with Gasteiger partial charge in [-0.15, -0.1) is 0 Å². The molecule has 0 bridgehead atoms. The van der Waals surface area contributed by atoms with Crippen molar-refractivity contribution in [3.8, 4) is 11.5 Å². The van der Waals surface area contributed by atoms with Crippen LogP contribution in [0.15, 0.2) is 30.6 Å². The minimum atomic E-state index is 0.0811. The van der Waals surface area contributed by atoms with Gasteiger partial charge >= 0.3 is 0 Å². The summed E-state index contributed by atoms with van der Waals surface area (Å²) >= 11 is 0. The molecule has 2 saturated heterocycles. The summed E-state index contributed by atoms with van der Waals surface area (Å²) in [6.45, 7) is 3.97. The summed E-state index contributed by atoms with van der Waals surface area (Å²) in [7, 11) is 3.23. The van der Waals surface area contributed by atoms with E-state index in [-0.39, 0.29) is 23.7 Å². The van der Waals surface area contributed by atoms with E-state index in [2.05, 4.69) is 14.9 Å². The van der Waals surface area contributed by atoms with Gasteiger partial charge in [0.15, 0.2) is 0 Å². The van der Waals surface area contributed by atoms with E-state index in [1.165, 1.54) is 0 Å². The van der Waals surface area contributed by atoms with E-state index >= 15 is 0 Å². The van der Waals surface area contributed by atoms with Gasteiger partial charge < -0.3 is 25.5 Å². The second-order valence-corrected chi connectivity index (χ2v) is 9.11. The molecule has 0 spiro atoms.